The lowest BCUT2D eigenvalue weighted by Crippen LogP contribution is -2.17. The predicted molar refractivity (Wildman–Crippen MR) is 82.5 cm³/mol. The van der Waals surface area contributed by atoms with Gasteiger partial charge < -0.3 is 4.42 Å². The monoisotopic (exact) mass is 278 g/mol. The summed E-state index contributed by atoms with van der Waals surface area (Å²) in [6, 6.07) is 17.1. The first-order chi connectivity index (χ1) is 10.3. The van der Waals surface area contributed by atoms with E-state index in [0.29, 0.717) is 11.3 Å². The molecule has 0 radical (unpaired) electrons. The van der Waals surface area contributed by atoms with Crippen LogP contribution in [0.2, 0.25) is 0 Å². The quantitative estimate of drug-likeness (QED) is 0.589. The van der Waals surface area contributed by atoms with Crippen molar-refractivity contribution in [1.29, 1.82) is 0 Å². The van der Waals surface area contributed by atoms with Crippen LogP contribution < -0.4 is 5.43 Å². The van der Waals surface area contributed by atoms with E-state index in [2.05, 4.69) is 10.5 Å². The normalized spacial score (nSPS) is 11.1. The number of amides is 1. The van der Waals surface area contributed by atoms with Crippen LogP contribution in [0, 0.1) is 6.92 Å². The highest BCUT2D eigenvalue weighted by Gasteiger charge is 2.16. The maximum absolute atomic E-state index is 12.1. The molecule has 4 nitrogen and oxygen atoms in total. The minimum absolute atomic E-state index is 0.293. The van der Waals surface area contributed by atoms with Gasteiger partial charge >= 0.3 is 5.91 Å². The molecule has 0 saturated carbocycles. The number of hydrazone groups is 1. The molecule has 4 heteroatoms. The zero-order valence-corrected chi connectivity index (χ0v) is 11.5. The molecule has 1 N–H and O–H groups in total. The summed E-state index contributed by atoms with van der Waals surface area (Å²) in [6.45, 7) is 1.86. The van der Waals surface area contributed by atoms with Gasteiger partial charge in [0.25, 0.3) is 0 Å². The molecular weight excluding hydrogens is 264 g/mol. The molecule has 2 aromatic carbocycles. The van der Waals surface area contributed by atoms with Crippen molar-refractivity contribution < 1.29 is 9.21 Å². The van der Waals surface area contributed by atoms with E-state index in [9.17, 15) is 4.79 Å². The average Bonchev–Trinajstić information content (AvgIpc) is 2.86. The third kappa shape index (κ3) is 2.69. The van der Waals surface area contributed by atoms with Gasteiger partial charge in [-0.25, -0.2) is 5.43 Å². The summed E-state index contributed by atoms with van der Waals surface area (Å²) in [5, 5.41) is 4.88. The van der Waals surface area contributed by atoms with Crippen molar-refractivity contribution in [2.24, 2.45) is 5.10 Å². The number of fused-ring (bicyclic) bond motifs is 1. The highest BCUT2D eigenvalue weighted by atomic mass is 16.3. The first-order valence-corrected chi connectivity index (χ1v) is 6.62. The van der Waals surface area contributed by atoms with Gasteiger partial charge in [-0.3, -0.25) is 4.79 Å². The van der Waals surface area contributed by atoms with Crippen molar-refractivity contribution in [3.05, 3.63) is 71.5 Å². The van der Waals surface area contributed by atoms with Crippen LogP contribution in [-0.2, 0) is 0 Å². The van der Waals surface area contributed by atoms with Gasteiger partial charge in [0, 0.05) is 10.9 Å². The Bertz CT molecular complexity index is 804. The molecule has 0 aliphatic carbocycles. The second kappa shape index (κ2) is 5.63. The van der Waals surface area contributed by atoms with Crippen molar-refractivity contribution in [2.45, 2.75) is 6.92 Å². The number of benzene rings is 2. The summed E-state index contributed by atoms with van der Waals surface area (Å²) in [7, 11) is 0. The predicted octanol–water partition coefficient (Wildman–Crippen LogP) is 3.51. The molecule has 0 aliphatic heterocycles. The second-order valence-corrected chi connectivity index (χ2v) is 4.66. The molecule has 1 heterocycles. The molecule has 0 unspecified atom stereocenters. The summed E-state index contributed by atoms with van der Waals surface area (Å²) < 4.78 is 5.58. The lowest BCUT2D eigenvalue weighted by Gasteiger charge is -1.97. The van der Waals surface area contributed by atoms with Crippen LogP contribution in [0.5, 0.6) is 0 Å². The van der Waals surface area contributed by atoms with Gasteiger partial charge in [0.05, 0.1) is 6.21 Å². The van der Waals surface area contributed by atoms with E-state index >= 15 is 0 Å². The van der Waals surface area contributed by atoms with Crippen LogP contribution in [0.4, 0.5) is 0 Å². The number of furan rings is 1. The van der Waals surface area contributed by atoms with Crippen LogP contribution in [0.25, 0.3) is 11.0 Å². The molecule has 0 saturated heterocycles. The van der Waals surface area contributed by atoms with Crippen molar-refractivity contribution in [1.82, 2.24) is 5.43 Å². The largest absolute Gasteiger partial charge is 0.451 e. The Hall–Kier alpha value is -2.88. The van der Waals surface area contributed by atoms with Gasteiger partial charge in [-0.05, 0) is 18.6 Å². The Balaban J connectivity index is 1.78. The first kappa shape index (κ1) is 13.1. The van der Waals surface area contributed by atoms with E-state index in [4.69, 9.17) is 4.42 Å². The highest BCUT2D eigenvalue weighted by molar-refractivity contribution is 5.99. The fourth-order valence-electron chi connectivity index (χ4n) is 2.15. The summed E-state index contributed by atoms with van der Waals surface area (Å²) in [5.41, 5.74) is 4.92. The molecule has 0 aliphatic rings. The van der Waals surface area contributed by atoms with Gasteiger partial charge in [0.2, 0.25) is 0 Å². The number of carbonyl (C=O) groups excluding carboxylic acids is 1. The molecule has 0 bridgehead atoms. The van der Waals surface area contributed by atoms with Gasteiger partial charge in [-0.2, -0.15) is 5.10 Å². The molecule has 3 aromatic rings. The topological polar surface area (TPSA) is 54.6 Å². The third-order valence-corrected chi connectivity index (χ3v) is 3.23. The molecule has 21 heavy (non-hydrogen) atoms. The van der Waals surface area contributed by atoms with Crippen molar-refractivity contribution in [3.8, 4) is 0 Å². The molecule has 3 rings (SSSR count). The number of carbonyl (C=O) groups is 1. The minimum Gasteiger partial charge on any atom is -0.451 e. The summed E-state index contributed by atoms with van der Waals surface area (Å²) in [4.78, 5) is 12.1. The second-order valence-electron chi connectivity index (χ2n) is 4.66. The minimum atomic E-state index is -0.351. The van der Waals surface area contributed by atoms with E-state index in [0.717, 1.165) is 16.5 Å². The summed E-state index contributed by atoms with van der Waals surface area (Å²) in [6.07, 6.45) is 1.59. The Morgan fingerprint density at radius 1 is 1.10 bits per heavy atom. The number of hydrogen-bond donors (Lipinski definition) is 1. The van der Waals surface area contributed by atoms with Crippen LogP contribution in [0.15, 0.2) is 64.1 Å². The summed E-state index contributed by atoms with van der Waals surface area (Å²) in [5.74, 6) is -0.0581. The Morgan fingerprint density at radius 2 is 1.81 bits per heavy atom. The van der Waals surface area contributed by atoms with Gasteiger partial charge in [0.1, 0.15) is 5.58 Å². The van der Waals surface area contributed by atoms with E-state index in [1.165, 1.54) is 0 Å². The number of aryl methyl sites for hydroxylation is 1. The lowest BCUT2D eigenvalue weighted by molar-refractivity contribution is 0.0929. The van der Waals surface area contributed by atoms with E-state index < -0.39 is 0 Å². The van der Waals surface area contributed by atoms with Gasteiger partial charge in [-0.1, -0.05) is 48.5 Å². The molecule has 0 spiro atoms. The van der Waals surface area contributed by atoms with Crippen molar-refractivity contribution in [3.63, 3.8) is 0 Å². The Labute approximate surface area is 122 Å². The fourth-order valence-corrected chi connectivity index (χ4v) is 2.15. The van der Waals surface area contributed by atoms with Crippen LogP contribution in [0.1, 0.15) is 21.7 Å². The smallest absolute Gasteiger partial charge is 0.307 e. The summed E-state index contributed by atoms with van der Waals surface area (Å²) >= 11 is 0. The third-order valence-electron chi connectivity index (χ3n) is 3.23. The van der Waals surface area contributed by atoms with Crippen LogP contribution in [-0.4, -0.2) is 12.1 Å². The standard InChI is InChI=1S/C17H14N2O2/c1-12-14-9-5-6-10-15(14)21-16(12)17(20)19-18-11-13-7-3-2-4-8-13/h2-11H,1H3,(H,19,20)/b18-11-. The highest BCUT2D eigenvalue weighted by Crippen LogP contribution is 2.24. The number of nitrogens with zero attached hydrogens (tertiary/aromatic N) is 1. The van der Waals surface area contributed by atoms with Crippen LogP contribution >= 0.6 is 0 Å². The molecule has 1 aromatic heterocycles. The number of rotatable bonds is 3. The maximum Gasteiger partial charge on any atom is 0.307 e. The fraction of sp³-hybridized carbons (Fsp3) is 0.0588. The molecular formula is C17H14N2O2. The Kier molecular flexibility index (Phi) is 3.51. The SMILES string of the molecule is Cc1c(C(=O)N/N=C\c2ccccc2)oc2ccccc12. The van der Waals surface area contributed by atoms with Crippen LogP contribution in [0.3, 0.4) is 0 Å². The van der Waals surface area contributed by atoms with E-state index in [1.807, 2.05) is 61.5 Å². The molecule has 0 fully saturated rings. The zero-order chi connectivity index (χ0) is 14.7. The molecule has 1 amide bonds. The zero-order valence-electron chi connectivity index (χ0n) is 11.5. The van der Waals surface area contributed by atoms with Crippen molar-refractivity contribution >= 4 is 23.1 Å². The first-order valence-electron chi connectivity index (χ1n) is 6.62. The lowest BCUT2D eigenvalue weighted by atomic mass is 10.1. The van der Waals surface area contributed by atoms with E-state index in [1.54, 1.807) is 6.21 Å². The number of hydrogen-bond acceptors (Lipinski definition) is 3. The Morgan fingerprint density at radius 3 is 2.57 bits per heavy atom. The molecule has 0 atom stereocenters. The molecule has 104 valence electrons. The van der Waals surface area contributed by atoms with Gasteiger partial charge in [-0.15, -0.1) is 0 Å². The van der Waals surface area contributed by atoms with Crippen molar-refractivity contribution in [2.75, 3.05) is 0 Å². The van der Waals surface area contributed by atoms with Gasteiger partial charge in [0.15, 0.2) is 5.76 Å². The maximum atomic E-state index is 12.1. The number of nitrogens with one attached hydrogen (secondary N) is 1. The average molecular weight is 278 g/mol. The van der Waals surface area contributed by atoms with E-state index in [-0.39, 0.29) is 5.91 Å². The number of para-hydroxylation sites is 1.